The zero-order chi connectivity index (χ0) is 29.7. The summed E-state index contributed by atoms with van der Waals surface area (Å²) in [7, 11) is -3.90. The summed E-state index contributed by atoms with van der Waals surface area (Å²) >= 11 is 0. The Morgan fingerprint density at radius 2 is 1.59 bits per heavy atom. The van der Waals surface area contributed by atoms with Crippen LogP contribution >= 0.6 is 0 Å². The molecule has 0 N–H and O–H groups in total. The minimum atomic E-state index is -3.90. The largest absolute Gasteiger partial charge is 0.460 e. The number of nitrogens with zero attached hydrogens (tertiary/aromatic N) is 1. The number of carbonyl (C=O) groups is 1. The molecule has 4 aromatic rings. The molecule has 0 radical (unpaired) electrons. The summed E-state index contributed by atoms with van der Waals surface area (Å²) < 4.78 is 36.1. The summed E-state index contributed by atoms with van der Waals surface area (Å²) in [6.07, 6.45) is 0.461. The van der Waals surface area contributed by atoms with Crippen molar-refractivity contribution in [2.75, 3.05) is 6.61 Å². The quantitative estimate of drug-likeness (QED) is 0.232. The van der Waals surface area contributed by atoms with Crippen LogP contribution in [0.4, 0.5) is 0 Å². The molecule has 0 amide bonds. The maximum Gasteiger partial charge on any atom is 0.338 e. The van der Waals surface area contributed by atoms with Gasteiger partial charge in [-0.05, 0) is 96.3 Å². The summed E-state index contributed by atoms with van der Waals surface area (Å²) in [5, 5.41) is 1.76. The maximum atomic E-state index is 14.3. The Labute approximate surface area is 244 Å². The first-order valence-corrected chi connectivity index (χ1v) is 15.6. The molecule has 2 atom stereocenters. The zero-order valence-corrected chi connectivity index (χ0v) is 25.8. The van der Waals surface area contributed by atoms with E-state index in [-0.39, 0.29) is 16.9 Å². The van der Waals surface area contributed by atoms with Crippen molar-refractivity contribution in [3.63, 3.8) is 0 Å². The topological polar surface area (TPSA) is 63.7 Å². The highest BCUT2D eigenvalue weighted by Crippen LogP contribution is 2.44. The van der Waals surface area contributed by atoms with Crippen LogP contribution in [0.25, 0.3) is 10.8 Å². The molecule has 0 aliphatic carbocycles. The Bertz CT molecular complexity index is 1730. The van der Waals surface area contributed by atoms with Gasteiger partial charge >= 0.3 is 5.97 Å². The maximum absolute atomic E-state index is 14.3. The normalized spacial score (nSPS) is 17.8. The molecule has 5 rings (SSSR count). The van der Waals surface area contributed by atoms with Gasteiger partial charge in [0.15, 0.2) is 0 Å². The van der Waals surface area contributed by atoms with E-state index in [9.17, 15) is 13.2 Å². The number of ether oxygens (including phenoxy) is 1. The fourth-order valence-electron chi connectivity index (χ4n) is 6.71. The van der Waals surface area contributed by atoms with Crippen molar-refractivity contribution in [3.05, 3.63) is 112 Å². The van der Waals surface area contributed by atoms with Crippen LogP contribution in [-0.4, -0.2) is 31.3 Å². The minimum absolute atomic E-state index is 0.0481. The molecule has 1 heterocycles. The SMILES string of the molecule is Cc1ccc(S(=O)(=O)N2[C@H](COC(=O)c3cccc4ccccc34)Cc3c(c(C)cc(C)c3C(C)(C)C)[C@H]2C)cc1. The number of sulfonamides is 1. The Balaban J connectivity index is 1.60. The van der Waals surface area contributed by atoms with Crippen molar-refractivity contribution in [1.29, 1.82) is 0 Å². The molecule has 0 spiro atoms. The summed E-state index contributed by atoms with van der Waals surface area (Å²) in [6.45, 7) is 14.6. The van der Waals surface area contributed by atoms with Gasteiger partial charge in [-0.15, -0.1) is 0 Å². The van der Waals surface area contributed by atoms with E-state index in [0.29, 0.717) is 12.0 Å². The molecule has 214 valence electrons. The van der Waals surface area contributed by atoms with E-state index < -0.39 is 28.1 Å². The van der Waals surface area contributed by atoms with E-state index in [2.05, 4.69) is 40.7 Å². The van der Waals surface area contributed by atoms with Crippen molar-refractivity contribution >= 4 is 26.8 Å². The van der Waals surface area contributed by atoms with E-state index in [4.69, 9.17) is 4.74 Å². The second-order valence-corrected chi connectivity index (χ2v) is 14.2. The van der Waals surface area contributed by atoms with Crippen molar-refractivity contribution in [2.45, 2.75) is 77.3 Å². The van der Waals surface area contributed by atoms with Crippen LogP contribution in [0.1, 0.15) is 77.5 Å². The first kappa shape index (κ1) is 29.0. The number of rotatable bonds is 5. The van der Waals surface area contributed by atoms with Crippen LogP contribution < -0.4 is 0 Å². The Morgan fingerprint density at radius 1 is 0.927 bits per heavy atom. The molecular formula is C35H39NO4S. The van der Waals surface area contributed by atoms with Crippen LogP contribution in [0, 0.1) is 20.8 Å². The van der Waals surface area contributed by atoms with Gasteiger partial charge in [0.2, 0.25) is 10.0 Å². The van der Waals surface area contributed by atoms with Crippen molar-refractivity contribution in [2.24, 2.45) is 0 Å². The number of fused-ring (bicyclic) bond motifs is 2. The number of esters is 1. The third-order valence-electron chi connectivity index (χ3n) is 8.24. The van der Waals surface area contributed by atoms with E-state index in [0.717, 1.165) is 27.5 Å². The van der Waals surface area contributed by atoms with Crippen molar-refractivity contribution in [3.8, 4) is 0 Å². The Morgan fingerprint density at radius 3 is 2.27 bits per heavy atom. The zero-order valence-electron chi connectivity index (χ0n) is 25.0. The summed E-state index contributed by atoms with van der Waals surface area (Å²) in [6, 6.07) is 21.4. The monoisotopic (exact) mass is 569 g/mol. The van der Waals surface area contributed by atoms with E-state index >= 15 is 0 Å². The van der Waals surface area contributed by atoms with Gasteiger partial charge in [-0.2, -0.15) is 4.31 Å². The molecule has 1 aliphatic heterocycles. The van der Waals surface area contributed by atoms with Gasteiger partial charge in [0.05, 0.1) is 16.5 Å². The first-order chi connectivity index (χ1) is 19.3. The summed E-state index contributed by atoms with van der Waals surface area (Å²) in [4.78, 5) is 13.7. The fraction of sp³-hybridized carbons (Fsp3) is 0.343. The third-order valence-corrected chi connectivity index (χ3v) is 10.3. The molecule has 0 aromatic heterocycles. The standard InChI is InChI=1S/C35H39NO4S/c1-22-15-17-28(18-16-22)41(38,39)36-25(4)32-23(2)19-24(3)33(35(5,6)7)31(32)20-27(36)21-40-34(37)30-14-10-12-26-11-8-9-13-29(26)30/h8-19,25,27H,20-21H2,1-7H3/t25-,27+/m1/s1. The average molecular weight is 570 g/mol. The van der Waals surface area contributed by atoms with E-state index in [1.807, 2.05) is 62.4 Å². The van der Waals surface area contributed by atoms with Crippen molar-refractivity contribution in [1.82, 2.24) is 4.31 Å². The number of aryl methyl sites for hydroxylation is 3. The number of benzene rings is 4. The Hall–Kier alpha value is -3.48. The minimum Gasteiger partial charge on any atom is -0.460 e. The summed E-state index contributed by atoms with van der Waals surface area (Å²) in [5.41, 5.74) is 7.06. The lowest BCUT2D eigenvalue weighted by molar-refractivity contribution is 0.0389. The number of hydrogen-bond acceptors (Lipinski definition) is 4. The summed E-state index contributed by atoms with van der Waals surface area (Å²) in [5.74, 6) is -0.454. The molecule has 41 heavy (non-hydrogen) atoms. The lowest BCUT2D eigenvalue weighted by Gasteiger charge is -2.43. The molecular weight excluding hydrogens is 530 g/mol. The van der Waals surface area contributed by atoms with Crippen LogP contribution in [0.15, 0.2) is 77.7 Å². The predicted octanol–water partition coefficient (Wildman–Crippen LogP) is 7.60. The molecule has 0 bridgehead atoms. The molecule has 1 aliphatic rings. The van der Waals surface area contributed by atoms with Crippen molar-refractivity contribution < 1.29 is 17.9 Å². The van der Waals surface area contributed by atoms with Gasteiger partial charge in [-0.1, -0.05) is 80.9 Å². The second-order valence-electron chi connectivity index (χ2n) is 12.3. The molecule has 4 aromatic carbocycles. The highest BCUT2D eigenvalue weighted by Gasteiger charge is 2.43. The van der Waals surface area contributed by atoms with Crippen LogP contribution in [0.2, 0.25) is 0 Å². The average Bonchev–Trinajstić information content (AvgIpc) is 2.90. The number of carbonyl (C=O) groups excluding carboxylic acids is 1. The molecule has 5 nitrogen and oxygen atoms in total. The highest BCUT2D eigenvalue weighted by atomic mass is 32.2. The molecule has 6 heteroatoms. The van der Waals surface area contributed by atoms with Crippen LogP contribution in [0.3, 0.4) is 0 Å². The van der Waals surface area contributed by atoms with Gasteiger partial charge in [-0.3, -0.25) is 0 Å². The van der Waals surface area contributed by atoms with Gasteiger partial charge in [0.1, 0.15) is 6.61 Å². The highest BCUT2D eigenvalue weighted by molar-refractivity contribution is 7.89. The molecule has 0 fully saturated rings. The third kappa shape index (κ3) is 5.31. The Kier molecular flexibility index (Phi) is 7.60. The molecule has 0 saturated carbocycles. The number of hydrogen-bond donors (Lipinski definition) is 0. The lowest BCUT2D eigenvalue weighted by Crippen LogP contribution is -2.49. The van der Waals surface area contributed by atoms with Gasteiger partial charge in [0, 0.05) is 6.04 Å². The molecule has 0 saturated heterocycles. The van der Waals surface area contributed by atoms with Gasteiger partial charge in [-0.25, -0.2) is 13.2 Å². The smallest absolute Gasteiger partial charge is 0.338 e. The van der Waals surface area contributed by atoms with Gasteiger partial charge < -0.3 is 4.74 Å². The van der Waals surface area contributed by atoms with Gasteiger partial charge in [0.25, 0.3) is 0 Å². The first-order valence-electron chi connectivity index (χ1n) is 14.2. The molecule has 0 unspecified atom stereocenters. The second kappa shape index (κ2) is 10.7. The van der Waals surface area contributed by atoms with Crippen LogP contribution in [-0.2, 0) is 26.6 Å². The fourth-order valence-corrected chi connectivity index (χ4v) is 8.49. The predicted molar refractivity (Wildman–Crippen MR) is 165 cm³/mol. The van der Waals surface area contributed by atoms with Crippen LogP contribution in [0.5, 0.6) is 0 Å². The van der Waals surface area contributed by atoms with E-state index in [1.54, 1.807) is 22.5 Å². The van der Waals surface area contributed by atoms with E-state index in [1.165, 1.54) is 16.7 Å². The lowest BCUT2D eigenvalue weighted by atomic mass is 9.74.